The lowest BCUT2D eigenvalue weighted by atomic mass is 9.99. The van der Waals surface area contributed by atoms with Crippen LogP contribution in [0, 0.1) is 0 Å². The Labute approximate surface area is 619 Å². The van der Waals surface area contributed by atoms with Crippen LogP contribution in [0.3, 0.4) is 0 Å². The van der Waals surface area contributed by atoms with Crippen LogP contribution in [0.2, 0.25) is 0 Å². The van der Waals surface area contributed by atoms with E-state index in [0.717, 1.165) is 89.0 Å². The summed E-state index contributed by atoms with van der Waals surface area (Å²) in [6, 6.07) is 128. The van der Waals surface area contributed by atoms with Gasteiger partial charge in [-0.3, -0.25) is 0 Å². The van der Waals surface area contributed by atoms with E-state index in [2.05, 4.69) is 359 Å². The molecular formula is C98H57N5S3. The number of fused-ring (bicyclic) bond motifs is 19. The van der Waals surface area contributed by atoms with Gasteiger partial charge in [0.15, 0.2) is 5.82 Å². The first-order valence-electron chi connectivity index (χ1n) is 36.0. The molecule has 5 nitrogen and oxygen atoms in total. The molecule has 0 N–H and O–H groups in total. The van der Waals surface area contributed by atoms with E-state index in [4.69, 9.17) is 9.97 Å². The van der Waals surface area contributed by atoms with Gasteiger partial charge in [-0.1, -0.05) is 212 Å². The van der Waals surface area contributed by atoms with Crippen LogP contribution < -0.4 is 0 Å². The molecule has 0 aliphatic rings. The van der Waals surface area contributed by atoms with Gasteiger partial charge in [0.25, 0.3) is 0 Å². The maximum absolute atomic E-state index is 5.75. The summed E-state index contributed by atoms with van der Waals surface area (Å²) in [6.45, 7) is 0. The molecule has 23 aromatic rings. The van der Waals surface area contributed by atoms with Crippen molar-refractivity contribution in [3.05, 3.63) is 346 Å². The van der Waals surface area contributed by atoms with Crippen molar-refractivity contribution in [3.8, 4) is 84.2 Å². The molecule has 0 aliphatic carbocycles. The highest BCUT2D eigenvalue weighted by Crippen LogP contribution is 2.45. The number of hydrogen-bond acceptors (Lipinski definition) is 5. The van der Waals surface area contributed by atoms with Crippen LogP contribution in [0.1, 0.15) is 0 Å². The fraction of sp³-hybridized carbons (Fsp3) is 0. The summed E-state index contributed by atoms with van der Waals surface area (Å²) in [4.78, 5) is 11.3. The molecule has 0 atom stereocenters. The van der Waals surface area contributed by atoms with E-state index < -0.39 is 0 Å². The van der Waals surface area contributed by atoms with Gasteiger partial charge in [0.05, 0.1) is 44.3 Å². The molecule has 492 valence electrons. The van der Waals surface area contributed by atoms with Crippen LogP contribution in [-0.4, -0.2) is 23.7 Å². The van der Waals surface area contributed by atoms with Crippen molar-refractivity contribution < 1.29 is 0 Å². The second-order valence-corrected chi connectivity index (χ2v) is 31.2. The van der Waals surface area contributed by atoms with Gasteiger partial charge in [0.1, 0.15) is 0 Å². The largest absolute Gasteiger partial charge is 0.309 e. The van der Waals surface area contributed by atoms with Crippen molar-refractivity contribution in [2.24, 2.45) is 0 Å². The molecule has 16 aromatic carbocycles. The molecular weight excluding hydrogens is 1340 g/mol. The topological polar surface area (TPSA) is 40.6 Å². The molecule has 0 amide bonds. The molecule has 8 heteroatoms. The molecule has 106 heavy (non-hydrogen) atoms. The number of para-hydroxylation sites is 3. The van der Waals surface area contributed by atoms with Crippen LogP contribution >= 0.6 is 34.0 Å². The van der Waals surface area contributed by atoms with E-state index in [9.17, 15) is 0 Å². The number of hydrogen-bond donors (Lipinski definition) is 0. The smallest absolute Gasteiger partial charge is 0.160 e. The summed E-state index contributed by atoms with van der Waals surface area (Å²) in [5.41, 5.74) is 23.1. The fourth-order valence-electron chi connectivity index (χ4n) is 17.0. The molecule has 23 rings (SSSR count). The van der Waals surface area contributed by atoms with Gasteiger partial charge in [-0.15, -0.1) is 34.0 Å². The van der Waals surface area contributed by atoms with Gasteiger partial charge in [-0.2, -0.15) is 0 Å². The maximum atomic E-state index is 5.75. The summed E-state index contributed by atoms with van der Waals surface area (Å²) in [6.07, 6.45) is 0. The number of aromatic nitrogens is 5. The minimum atomic E-state index is 0.655. The molecule has 7 aromatic heterocycles. The van der Waals surface area contributed by atoms with Crippen LogP contribution in [0.5, 0.6) is 0 Å². The monoisotopic (exact) mass is 1400 g/mol. The molecule has 0 spiro atoms. The second kappa shape index (κ2) is 23.2. The van der Waals surface area contributed by atoms with E-state index in [0.29, 0.717) is 5.82 Å². The third-order valence-corrected chi connectivity index (χ3v) is 25.5. The van der Waals surface area contributed by atoms with E-state index in [-0.39, 0.29) is 0 Å². The predicted octanol–water partition coefficient (Wildman–Crippen LogP) is 28.0. The Morgan fingerprint density at radius 1 is 0.179 bits per heavy atom. The summed E-state index contributed by atoms with van der Waals surface area (Å²) in [5.74, 6) is 0.655. The lowest BCUT2D eigenvalue weighted by Gasteiger charge is -2.15. The summed E-state index contributed by atoms with van der Waals surface area (Å²) in [5, 5.41) is 16.1. The molecule has 0 bridgehead atoms. The van der Waals surface area contributed by atoms with Crippen LogP contribution in [0.4, 0.5) is 0 Å². The Kier molecular flexibility index (Phi) is 13.0. The first kappa shape index (κ1) is 59.4. The highest BCUT2D eigenvalue weighted by molar-refractivity contribution is 7.26. The zero-order chi connectivity index (χ0) is 69.2. The van der Waals surface area contributed by atoms with Gasteiger partial charge in [-0.05, 0) is 178 Å². The van der Waals surface area contributed by atoms with Gasteiger partial charge in [-0.25, -0.2) is 9.97 Å². The van der Waals surface area contributed by atoms with Crippen molar-refractivity contribution in [1.82, 2.24) is 23.7 Å². The minimum Gasteiger partial charge on any atom is -0.309 e. The van der Waals surface area contributed by atoms with Gasteiger partial charge in [0.2, 0.25) is 0 Å². The molecule has 7 heterocycles. The SMILES string of the molecule is c1cc(-c2ccc3nc(-c4ccc(-n5c6ccccc6c6ccc(-c7ccc8c(c7)sc7ccccc78)cc65)cc4)nc(-c4cccc(-n5c6ccccc6c6ccc(-c7ccc8c(c7)sc7ccccc78)cc65)c4)c3c2)cc(-n2c3ccccc3c3ccc(-c4ccc5c(c4)sc4ccccc45)cc32)c1. The minimum absolute atomic E-state index is 0.655. The Hall–Kier alpha value is -13.1. The van der Waals surface area contributed by atoms with Crippen LogP contribution in [-0.2, 0) is 0 Å². The highest BCUT2D eigenvalue weighted by Gasteiger charge is 2.22. The third-order valence-electron chi connectivity index (χ3n) is 22.1. The quantitative estimate of drug-likeness (QED) is 0.144. The summed E-state index contributed by atoms with van der Waals surface area (Å²) >= 11 is 5.59. The molecule has 0 saturated carbocycles. The van der Waals surface area contributed by atoms with Crippen LogP contribution in [0.15, 0.2) is 346 Å². The van der Waals surface area contributed by atoms with E-state index in [1.165, 1.54) is 126 Å². The maximum Gasteiger partial charge on any atom is 0.160 e. The summed E-state index contributed by atoms with van der Waals surface area (Å²) < 4.78 is 15.1. The van der Waals surface area contributed by atoms with Crippen molar-refractivity contribution in [3.63, 3.8) is 0 Å². The van der Waals surface area contributed by atoms with Crippen LogP contribution in [0.25, 0.3) is 221 Å². The zero-order valence-electron chi connectivity index (χ0n) is 56.9. The predicted molar refractivity (Wildman–Crippen MR) is 454 cm³/mol. The molecule has 0 aliphatic heterocycles. The Morgan fingerprint density at radius 3 is 0.953 bits per heavy atom. The first-order chi connectivity index (χ1) is 52.5. The zero-order valence-corrected chi connectivity index (χ0v) is 59.3. The van der Waals surface area contributed by atoms with E-state index >= 15 is 0 Å². The van der Waals surface area contributed by atoms with Gasteiger partial charge < -0.3 is 13.7 Å². The first-order valence-corrected chi connectivity index (χ1v) is 38.4. The Morgan fingerprint density at radius 2 is 0.500 bits per heavy atom. The molecule has 0 radical (unpaired) electrons. The number of thiophene rings is 3. The number of rotatable bonds is 9. The molecule has 0 saturated heterocycles. The number of benzene rings is 16. The molecule has 0 unspecified atom stereocenters. The van der Waals surface area contributed by atoms with Crippen molar-refractivity contribution >= 4 is 171 Å². The van der Waals surface area contributed by atoms with Crippen molar-refractivity contribution in [2.45, 2.75) is 0 Å². The highest BCUT2D eigenvalue weighted by atomic mass is 32.1. The van der Waals surface area contributed by atoms with E-state index in [1.807, 2.05) is 34.0 Å². The van der Waals surface area contributed by atoms with Crippen molar-refractivity contribution in [2.75, 3.05) is 0 Å². The Bertz CT molecular complexity index is 7660. The third kappa shape index (κ3) is 9.25. The summed E-state index contributed by atoms with van der Waals surface area (Å²) in [7, 11) is 0. The van der Waals surface area contributed by atoms with E-state index in [1.54, 1.807) is 0 Å². The van der Waals surface area contributed by atoms with Gasteiger partial charge >= 0.3 is 0 Å². The normalized spacial score (nSPS) is 12.2. The fourth-order valence-corrected chi connectivity index (χ4v) is 20.5. The second-order valence-electron chi connectivity index (χ2n) is 28.0. The standard InChI is InChI=1S/C98H57N5S3/c1-7-25-85-71(19-1)74-42-33-61(64-36-45-80-77-22-4-10-28-91(77)104-94(80)55-64)52-88(74)101(85)68-40-31-58(32-41-68)98-99-84-48-39-60(59-15-13-17-69(49-59)102-86-26-8-2-20-72(86)75-43-34-62(53-89(75)102)65-37-46-81-78-23-5-11-29-92(78)105-95(81)56-65)51-83(84)97(100-98)67-16-14-18-70(50-67)103-87-27-9-3-21-73(87)76-44-35-63(54-90(76)103)66-38-47-82-79-24-6-12-30-93(79)106-96(82)57-66/h1-57H. The average Bonchev–Trinajstić information content (AvgIpc) is 1.63. The van der Waals surface area contributed by atoms with Gasteiger partial charge in [0, 0.05) is 126 Å². The average molecular weight is 1400 g/mol. The Balaban J connectivity index is 0.668. The molecule has 0 fully saturated rings. The number of nitrogens with zero attached hydrogens (tertiary/aromatic N) is 5. The van der Waals surface area contributed by atoms with Crippen molar-refractivity contribution in [1.29, 1.82) is 0 Å². The lowest BCUT2D eigenvalue weighted by molar-refractivity contribution is 1.17. The lowest BCUT2D eigenvalue weighted by Crippen LogP contribution is -1.99.